The van der Waals surface area contributed by atoms with Gasteiger partial charge in [-0.1, -0.05) is 39.1 Å². The summed E-state index contributed by atoms with van der Waals surface area (Å²) < 4.78 is 0.877. The number of halogens is 3. The van der Waals surface area contributed by atoms with Crippen LogP contribution < -0.4 is 5.32 Å². The lowest BCUT2D eigenvalue weighted by atomic mass is 10.2. The van der Waals surface area contributed by atoms with Crippen molar-refractivity contribution in [3.63, 3.8) is 0 Å². The van der Waals surface area contributed by atoms with E-state index in [1.807, 2.05) is 12.1 Å². The van der Waals surface area contributed by atoms with Crippen molar-refractivity contribution in [1.29, 1.82) is 0 Å². The quantitative estimate of drug-likeness (QED) is 0.673. The third kappa shape index (κ3) is 3.21. The fourth-order valence-corrected chi connectivity index (χ4v) is 3.85. The highest BCUT2D eigenvalue weighted by molar-refractivity contribution is 9.10. The van der Waals surface area contributed by atoms with Crippen molar-refractivity contribution in [3.8, 4) is 0 Å². The molecule has 0 radical (unpaired) electrons. The Balaban J connectivity index is 2.24. The predicted octanol–water partition coefficient (Wildman–Crippen LogP) is 6.30. The van der Waals surface area contributed by atoms with Crippen LogP contribution in [0.2, 0.25) is 10.0 Å². The van der Waals surface area contributed by atoms with Crippen LogP contribution in [0.15, 0.2) is 28.7 Å². The molecule has 1 nitrogen and oxygen atoms in total. The minimum atomic E-state index is 0.180. The molecule has 0 aliphatic heterocycles. The summed E-state index contributed by atoms with van der Waals surface area (Å²) >= 11 is 17.5. The Bertz CT molecular complexity index is 545. The Morgan fingerprint density at radius 1 is 1.22 bits per heavy atom. The van der Waals surface area contributed by atoms with E-state index in [9.17, 15) is 0 Å². The van der Waals surface area contributed by atoms with Gasteiger partial charge >= 0.3 is 0 Å². The van der Waals surface area contributed by atoms with E-state index in [0.29, 0.717) is 10.0 Å². The Labute approximate surface area is 129 Å². The molecule has 1 aromatic heterocycles. The van der Waals surface area contributed by atoms with Crippen molar-refractivity contribution in [2.45, 2.75) is 19.9 Å². The number of anilines is 1. The van der Waals surface area contributed by atoms with Crippen molar-refractivity contribution in [2.24, 2.45) is 0 Å². The van der Waals surface area contributed by atoms with Gasteiger partial charge in [0.2, 0.25) is 0 Å². The maximum atomic E-state index is 6.20. The molecule has 1 atom stereocenters. The van der Waals surface area contributed by atoms with Crippen molar-refractivity contribution in [3.05, 3.63) is 48.5 Å². The van der Waals surface area contributed by atoms with E-state index in [1.165, 1.54) is 9.75 Å². The standard InChI is InChI=1S/C13H12BrCl2NS/c1-7-3-4-12(18-7)8(2)17-13-10(15)5-9(14)6-11(13)16/h3-6,8,17H,1-2H3. The zero-order valence-corrected chi connectivity index (χ0v) is 13.8. The lowest BCUT2D eigenvalue weighted by Crippen LogP contribution is -2.05. The molecule has 96 valence electrons. The third-order valence-electron chi connectivity index (χ3n) is 2.56. The van der Waals surface area contributed by atoms with Gasteiger partial charge in [0.05, 0.1) is 21.8 Å². The smallest absolute Gasteiger partial charge is 0.0724 e. The minimum Gasteiger partial charge on any atom is -0.375 e. The van der Waals surface area contributed by atoms with Crippen LogP contribution in [-0.4, -0.2) is 0 Å². The average Bonchev–Trinajstić information content (AvgIpc) is 2.70. The number of nitrogens with one attached hydrogen (secondary N) is 1. The molecule has 1 unspecified atom stereocenters. The van der Waals surface area contributed by atoms with Gasteiger partial charge < -0.3 is 5.32 Å². The maximum absolute atomic E-state index is 6.20. The number of hydrogen-bond donors (Lipinski definition) is 1. The van der Waals surface area contributed by atoms with Crippen LogP contribution >= 0.6 is 50.5 Å². The van der Waals surface area contributed by atoms with Gasteiger partial charge in [0, 0.05) is 14.2 Å². The molecule has 0 aliphatic rings. The summed E-state index contributed by atoms with van der Waals surface area (Å²) in [4.78, 5) is 2.56. The molecule has 18 heavy (non-hydrogen) atoms. The SMILES string of the molecule is Cc1ccc(C(C)Nc2c(Cl)cc(Br)cc2Cl)s1. The molecule has 2 aromatic rings. The van der Waals surface area contributed by atoms with E-state index in [4.69, 9.17) is 23.2 Å². The second-order valence-corrected chi connectivity index (χ2v) is 7.11. The first-order chi connectivity index (χ1) is 8.47. The van der Waals surface area contributed by atoms with E-state index in [0.717, 1.165) is 10.2 Å². The molecule has 0 fully saturated rings. The van der Waals surface area contributed by atoms with Gasteiger partial charge in [0.1, 0.15) is 0 Å². The highest BCUT2D eigenvalue weighted by Gasteiger charge is 2.13. The van der Waals surface area contributed by atoms with Gasteiger partial charge in [-0.15, -0.1) is 11.3 Å². The van der Waals surface area contributed by atoms with Crippen LogP contribution in [0.3, 0.4) is 0 Å². The molecule has 0 saturated carbocycles. The summed E-state index contributed by atoms with van der Waals surface area (Å²) in [5.74, 6) is 0. The van der Waals surface area contributed by atoms with Crippen LogP contribution in [0.1, 0.15) is 22.7 Å². The normalized spacial score (nSPS) is 12.5. The average molecular weight is 365 g/mol. The van der Waals surface area contributed by atoms with E-state index < -0.39 is 0 Å². The van der Waals surface area contributed by atoms with Crippen molar-refractivity contribution in [1.82, 2.24) is 0 Å². The first-order valence-corrected chi connectivity index (χ1v) is 7.81. The van der Waals surface area contributed by atoms with Crippen LogP contribution in [-0.2, 0) is 0 Å². The summed E-state index contributed by atoms with van der Waals surface area (Å²) in [6.45, 7) is 4.19. The number of rotatable bonds is 3. The third-order valence-corrected chi connectivity index (χ3v) is 4.79. The highest BCUT2D eigenvalue weighted by Crippen LogP contribution is 2.36. The highest BCUT2D eigenvalue weighted by atomic mass is 79.9. The monoisotopic (exact) mass is 363 g/mol. The van der Waals surface area contributed by atoms with Crippen molar-refractivity contribution < 1.29 is 0 Å². The maximum Gasteiger partial charge on any atom is 0.0724 e. The van der Waals surface area contributed by atoms with Crippen LogP contribution in [0, 0.1) is 6.92 Å². The summed E-state index contributed by atoms with van der Waals surface area (Å²) in [6.07, 6.45) is 0. The van der Waals surface area contributed by atoms with Crippen LogP contribution in [0.4, 0.5) is 5.69 Å². The Hall–Kier alpha value is -0.220. The Morgan fingerprint density at radius 3 is 2.33 bits per heavy atom. The molecule has 2 rings (SSSR count). The molecule has 0 saturated heterocycles. The second-order valence-electron chi connectivity index (χ2n) is 4.06. The number of aryl methyl sites for hydroxylation is 1. The summed E-state index contributed by atoms with van der Waals surface area (Å²) in [7, 11) is 0. The Kier molecular flexibility index (Phi) is 4.59. The molecule has 0 bridgehead atoms. The zero-order chi connectivity index (χ0) is 13.3. The molecule has 0 amide bonds. The van der Waals surface area contributed by atoms with Gasteiger partial charge in [0.25, 0.3) is 0 Å². The van der Waals surface area contributed by atoms with E-state index >= 15 is 0 Å². The van der Waals surface area contributed by atoms with Crippen LogP contribution in [0.25, 0.3) is 0 Å². The van der Waals surface area contributed by atoms with E-state index in [-0.39, 0.29) is 6.04 Å². The van der Waals surface area contributed by atoms with Crippen molar-refractivity contribution >= 4 is 56.2 Å². The molecule has 5 heteroatoms. The van der Waals surface area contributed by atoms with Gasteiger partial charge in [-0.3, -0.25) is 0 Å². The molecule has 1 aromatic carbocycles. The van der Waals surface area contributed by atoms with Crippen LogP contribution in [0.5, 0.6) is 0 Å². The largest absolute Gasteiger partial charge is 0.375 e. The zero-order valence-electron chi connectivity index (χ0n) is 9.93. The molecule has 0 aliphatic carbocycles. The Morgan fingerprint density at radius 2 is 1.83 bits per heavy atom. The molecular weight excluding hydrogens is 353 g/mol. The molecule has 0 spiro atoms. The lowest BCUT2D eigenvalue weighted by Gasteiger charge is -2.16. The predicted molar refractivity (Wildman–Crippen MR) is 85.3 cm³/mol. The van der Waals surface area contributed by atoms with Gasteiger partial charge in [0.15, 0.2) is 0 Å². The first-order valence-electron chi connectivity index (χ1n) is 5.45. The first kappa shape index (κ1) is 14.2. The molecular formula is C13H12BrCl2NS. The number of hydrogen-bond acceptors (Lipinski definition) is 2. The van der Waals surface area contributed by atoms with Crippen molar-refractivity contribution in [2.75, 3.05) is 5.32 Å². The summed E-state index contributed by atoms with van der Waals surface area (Å²) in [6, 6.07) is 8.09. The summed E-state index contributed by atoms with van der Waals surface area (Å²) in [5.41, 5.74) is 0.778. The van der Waals surface area contributed by atoms with Gasteiger partial charge in [-0.05, 0) is 38.1 Å². The molecule has 1 heterocycles. The lowest BCUT2D eigenvalue weighted by molar-refractivity contribution is 0.908. The topological polar surface area (TPSA) is 12.0 Å². The van der Waals surface area contributed by atoms with E-state index in [1.54, 1.807) is 11.3 Å². The number of benzene rings is 1. The number of thiophene rings is 1. The van der Waals surface area contributed by atoms with E-state index in [2.05, 4.69) is 47.2 Å². The second kappa shape index (κ2) is 5.83. The fraction of sp³-hybridized carbons (Fsp3) is 0.231. The van der Waals surface area contributed by atoms with Gasteiger partial charge in [-0.2, -0.15) is 0 Å². The minimum absolute atomic E-state index is 0.180. The molecule has 1 N–H and O–H groups in total. The summed E-state index contributed by atoms with van der Waals surface area (Å²) in [5, 5.41) is 4.60. The van der Waals surface area contributed by atoms with Gasteiger partial charge in [-0.25, -0.2) is 0 Å². The fourth-order valence-electron chi connectivity index (χ4n) is 1.65.